The number of fused-ring (bicyclic) bond motifs is 8. The van der Waals surface area contributed by atoms with Crippen LogP contribution in [0.2, 0.25) is 0 Å². The molecule has 13 rings (SSSR count). The van der Waals surface area contributed by atoms with Crippen LogP contribution in [0.4, 0.5) is 28.4 Å². The summed E-state index contributed by atoms with van der Waals surface area (Å²) < 4.78 is 13.7. The Hall–Kier alpha value is -8.08. The molecule has 0 bridgehead atoms. The van der Waals surface area contributed by atoms with Crippen molar-refractivity contribution in [2.75, 3.05) is 9.80 Å². The summed E-state index contributed by atoms with van der Waals surface area (Å²) in [5.41, 5.74) is 16.6. The van der Waals surface area contributed by atoms with Crippen molar-refractivity contribution in [3.05, 3.63) is 229 Å². The minimum atomic E-state index is -0.182. The van der Waals surface area contributed by atoms with Crippen LogP contribution in [0.15, 0.2) is 221 Å². The van der Waals surface area contributed by atoms with Crippen LogP contribution < -0.4 is 9.80 Å². The molecule has 4 heteroatoms. The molecule has 2 aliphatic rings. The highest BCUT2D eigenvalue weighted by Gasteiger charge is 2.59. The van der Waals surface area contributed by atoms with Gasteiger partial charge in [0.25, 0.3) is 0 Å². The molecule has 2 unspecified atom stereocenters. The summed E-state index contributed by atoms with van der Waals surface area (Å²) >= 11 is 0. The van der Waals surface area contributed by atoms with Crippen molar-refractivity contribution in [3.8, 4) is 11.1 Å². The predicted octanol–water partition coefficient (Wildman–Crippen LogP) is 18.9. The second-order valence-corrected chi connectivity index (χ2v) is 21.9. The summed E-state index contributed by atoms with van der Waals surface area (Å²) in [5, 5.41) is 6.59. The molecule has 1 saturated carbocycles. The Morgan fingerprint density at radius 1 is 0.423 bits per heavy atom. The largest absolute Gasteiger partial charge is 0.456 e. The van der Waals surface area contributed by atoms with Gasteiger partial charge < -0.3 is 18.6 Å². The molecular weight excluding hydrogens is 865 g/mol. The molecule has 0 spiro atoms. The maximum absolute atomic E-state index is 6.86. The normalized spacial score (nSPS) is 16.8. The van der Waals surface area contributed by atoms with E-state index >= 15 is 0 Å². The number of hydrogen-bond acceptors (Lipinski definition) is 4. The minimum absolute atomic E-state index is 0.0484. The van der Waals surface area contributed by atoms with Crippen LogP contribution in [0, 0.1) is 5.92 Å². The van der Waals surface area contributed by atoms with E-state index in [1.807, 2.05) is 0 Å². The third-order valence-corrected chi connectivity index (χ3v) is 15.2. The summed E-state index contributed by atoms with van der Waals surface area (Å²) in [7, 11) is 0. The van der Waals surface area contributed by atoms with Crippen molar-refractivity contribution in [2.45, 2.75) is 64.3 Å². The smallest absolute Gasteiger partial charge is 0.137 e. The van der Waals surface area contributed by atoms with E-state index in [0.717, 1.165) is 83.8 Å². The predicted molar refractivity (Wildman–Crippen MR) is 299 cm³/mol. The fraction of sp³-hybridized carbons (Fsp3) is 0.164. The lowest BCUT2D eigenvalue weighted by Gasteiger charge is -2.35. The third-order valence-electron chi connectivity index (χ3n) is 15.2. The molecule has 2 heterocycles. The van der Waals surface area contributed by atoms with Gasteiger partial charge in [0.1, 0.15) is 22.3 Å². The quantitative estimate of drug-likeness (QED) is 0.152. The van der Waals surface area contributed by atoms with Gasteiger partial charge in [-0.2, -0.15) is 0 Å². The molecule has 0 N–H and O–H groups in total. The molecule has 0 amide bonds. The molecule has 2 aromatic heterocycles. The molecular formula is C67H56N2O2. The van der Waals surface area contributed by atoms with Crippen LogP contribution in [0.1, 0.15) is 64.7 Å². The molecule has 346 valence electrons. The van der Waals surface area contributed by atoms with Crippen molar-refractivity contribution in [3.63, 3.8) is 0 Å². The Morgan fingerprint density at radius 3 is 1.51 bits per heavy atom. The highest BCUT2D eigenvalue weighted by molar-refractivity contribution is 6.15. The fourth-order valence-electron chi connectivity index (χ4n) is 11.3. The molecule has 9 aromatic carbocycles. The van der Waals surface area contributed by atoms with Gasteiger partial charge in [0.2, 0.25) is 0 Å². The van der Waals surface area contributed by atoms with Crippen molar-refractivity contribution in [1.82, 2.24) is 0 Å². The monoisotopic (exact) mass is 920 g/mol. The Morgan fingerprint density at radius 2 is 0.915 bits per heavy atom. The van der Waals surface area contributed by atoms with Gasteiger partial charge in [-0.05, 0) is 146 Å². The summed E-state index contributed by atoms with van der Waals surface area (Å²) in [4.78, 5) is 4.90. The van der Waals surface area contributed by atoms with Crippen molar-refractivity contribution < 1.29 is 8.83 Å². The molecule has 2 atom stereocenters. The first-order valence-electron chi connectivity index (χ1n) is 25.1. The van der Waals surface area contributed by atoms with Crippen molar-refractivity contribution in [1.29, 1.82) is 0 Å². The molecule has 0 saturated heterocycles. The standard InChI is InChI=1S/C67H56N2O2/c1-65(2,3)48-22-26-50(27-23-48)68(52-20-13-19-45(35-52)43-15-9-7-10-16-43)53-30-32-56-58-36-46-39-62-59(37-47(46)38-61(58)70-63(56)40-53)57-33-31-54(41-64(57)71-62)69(51-28-24-49(25-29-51)66(4,5)6)67-34-14-21-55(60(67)42-67)44-17-11-8-12-18-44/h7-41,60H,42H2,1-6H3. The van der Waals surface area contributed by atoms with E-state index in [4.69, 9.17) is 8.83 Å². The van der Waals surface area contributed by atoms with Gasteiger partial charge in [-0.15, -0.1) is 0 Å². The van der Waals surface area contributed by atoms with E-state index in [1.165, 1.54) is 39.1 Å². The molecule has 4 nitrogen and oxygen atoms in total. The van der Waals surface area contributed by atoms with Gasteiger partial charge in [0.15, 0.2) is 0 Å². The SMILES string of the molecule is CC(C)(C)c1ccc(N(c2cccc(-c3ccccc3)c2)c2ccc3c(c2)oc2cc4cc5c(cc4cc23)oc2cc(N(c3ccc(C(C)(C)C)cc3)C34C=CC=C(c6ccccc6)C3C4)ccc25)cc1. The zero-order valence-electron chi connectivity index (χ0n) is 41.2. The first-order chi connectivity index (χ1) is 34.4. The van der Waals surface area contributed by atoms with E-state index in [2.05, 4.69) is 264 Å². The van der Waals surface area contributed by atoms with Gasteiger partial charge in [-0.1, -0.05) is 157 Å². The lowest BCUT2D eigenvalue weighted by atomic mass is 9.87. The maximum atomic E-state index is 6.86. The zero-order valence-corrected chi connectivity index (χ0v) is 41.2. The van der Waals surface area contributed by atoms with Crippen molar-refractivity contribution in [2.24, 2.45) is 5.92 Å². The average molecular weight is 921 g/mol. The van der Waals surface area contributed by atoms with E-state index in [0.29, 0.717) is 5.92 Å². The van der Waals surface area contributed by atoms with Gasteiger partial charge in [0, 0.05) is 68.0 Å². The Kier molecular flexibility index (Phi) is 9.67. The second kappa shape index (κ2) is 16.0. The topological polar surface area (TPSA) is 32.8 Å². The first-order valence-corrected chi connectivity index (χ1v) is 25.1. The maximum Gasteiger partial charge on any atom is 0.137 e. The van der Waals surface area contributed by atoms with E-state index in [-0.39, 0.29) is 16.4 Å². The van der Waals surface area contributed by atoms with Crippen LogP contribution in [0.5, 0.6) is 0 Å². The van der Waals surface area contributed by atoms with Gasteiger partial charge in [-0.3, -0.25) is 0 Å². The van der Waals surface area contributed by atoms with Gasteiger partial charge >= 0.3 is 0 Å². The number of rotatable bonds is 8. The number of nitrogens with zero attached hydrogens (tertiary/aromatic N) is 2. The van der Waals surface area contributed by atoms with Crippen LogP contribution in [0.25, 0.3) is 71.3 Å². The number of hydrogen-bond donors (Lipinski definition) is 0. The van der Waals surface area contributed by atoms with Gasteiger partial charge in [0.05, 0.1) is 5.54 Å². The van der Waals surface area contributed by atoms with Crippen LogP contribution in [-0.4, -0.2) is 5.54 Å². The Bertz CT molecular complexity index is 3920. The van der Waals surface area contributed by atoms with E-state index in [9.17, 15) is 0 Å². The average Bonchev–Trinajstić information content (AvgIpc) is 3.88. The highest BCUT2D eigenvalue weighted by Crippen LogP contribution is 2.61. The minimum Gasteiger partial charge on any atom is -0.456 e. The lowest BCUT2D eigenvalue weighted by molar-refractivity contribution is 0.590. The molecule has 0 aliphatic heterocycles. The first kappa shape index (κ1) is 43.0. The molecule has 71 heavy (non-hydrogen) atoms. The lowest BCUT2D eigenvalue weighted by Crippen LogP contribution is -2.34. The number of anilines is 5. The number of allylic oxidation sites excluding steroid dienone is 2. The summed E-state index contributed by atoms with van der Waals surface area (Å²) in [6.45, 7) is 13.6. The Balaban J connectivity index is 0.882. The van der Waals surface area contributed by atoms with E-state index in [1.54, 1.807) is 0 Å². The van der Waals surface area contributed by atoms with Crippen molar-refractivity contribution >= 4 is 88.7 Å². The zero-order chi connectivity index (χ0) is 48.2. The second-order valence-electron chi connectivity index (χ2n) is 21.9. The Labute approximate surface area is 415 Å². The number of benzene rings is 9. The number of furan rings is 2. The summed E-state index contributed by atoms with van der Waals surface area (Å²) in [6, 6.07) is 70.8. The molecule has 11 aromatic rings. The molecule has 1 fully saturated rings. The molecule has 0 radical (unpaired) electrons. The van der Waals surface area contributed by atoms with E-state index < -0.39 is 0 Å². The summed E-state index contributed by atoms with van der Waals surface area (Å²) in [6.07, 6.45) is 8.03. The molecule has 2 aliphatic carbocycles. The fourth-order valence-corrected chi connectivity index (χ4v) is 11.3. The van der Waals surface area contributed by atoms with Crippen LogP contribution >= 0.6 is 0 Å². The highest BCUT2D eigenvalue weighted by atomic mass is 16.3. The van der Waals surface area contributed by atoms with Crippen LogP contribution in [-0.2, 0) is 10.8 Å². The van der Waals surface area contributed by atoms with Gasteiger partial charge in [-0.25, -0.2) is 0 Å². The summed E-state index contributed by atoms with van der Waals surface area (Å²) in [5.74, 6) is 0.372. The third kappa shape index (κ3) is 7.35. The van der Waals surface area contributed by atoms with Crippen LogP contribution in [0.3, 0.4) is 0 Å².